The van der Waals surface area contributed by atoms with Crippen molar-refractivity contribution in [2.45, 2.75) is 77.9 Å². The van der Waals surface area contributed by atoms with Crippen LogP contribution in [0.4, 0.5) is 0 Å². The monoisotopic (exact) mass is 267 g/mol. The van der Waals surface area contributed by atoms with Crippen molar-refractivity contribution in [2.24, 2.45) is 29.4 Å². The van der Waals surface area contributed by atoms with Gasteiger partial charge in [0.15, 0.2) is 0 Å². The molecule has 0 heterocycles. The maximum absolute atomic E-state index is 6.36. The molecule has 0 aliphatic heterocycles. The maximum Gasteiger partial charge on any atom is 0.0608 e. The maximum atomic E-state index is 6.36. The quantitative estimate of drug-likeness (QED) is 0.836. The fourth-order valence-corrected chi connectivity index (χ4v) is 3.92. The molecule has 3 atom stereocenters. The largest absolute Gasteiger partial charge is 0.378 e. The molecule has 0 aromatic heterocycles. The molecule has 0 radical (unpaired) electrons. The van der Waals surface area contributed by atoms with E-state index in [4.69, 9.17) is 10.5 Å². The summed E-state index contributed by atoms with van der Waals surface area (Å²) in [5, 5.41) is 0. The first-order valence-corrected chi connectivity index (χ1v) is 8.43. The van der Waals surface area contributed by atoms with Crippen molar-refractivity contribution in [3.05, 3.63) is 0 Å². The number of hydrogen-bond acceptors (Lipinski definition) is 2. The summed E-state index contributed by atoms with van der Waals surface area (Å²) in [6.07, 6.45) is 9.48. The SMILES string of the molecule is CC1CCC(C(C)C)C(OCC2CCC(N)CC2)C1. The molecule has 0 bridgehead atoms. The Labute approximate surface area is 119 Å². The van der Waals surface area contributed by atoms with Gasteiger partial charge in [-0.2, -0.15) is 0 Å². The highest BCUT2D eigenvalue weighted by Crippen LogP contribution is 2.36. The molecular weight excluding hydrogens is 234 g/mol. The Balaban J connectivity index is 1.78. The van der Waals surface area contributed by atoms with Crippen LogP contribution in [0, 0.1) is 23.7 Å². The van der Waals surface area contributed by atoms with Crippen molar-refractivity contribution in [1.82, 2.24) is 0 Å². The summed E-state index contributed by atoms with van der Waals surface area (Å²) in [5.74, 6) is 3.16. The van der Waals surface area contributed by atoms with E-state index < -0.39 is 0 Å². The van der Waals surface area contributed by atoms with Gasteiger partial charge in [-0.15, -0.1) is 0 Å². The molecular formula is C17H33NO. The smallest absolute Gasteiger partial charge is 0.0608 e. The van der Waals surface area contributed by atoms with Gasteiger partial charge in [0.05, 0.1) is 6.10 Å². The van der Waals surface area contributed by atoms with Gasteiger partial charge in [-0.05, 0) is 62.2 Å². The lowest BCUT2D eigenvalue weighted by Crippen LogP contribution is -2.36. The third-order valence-electron chi connectivity index (χ3n) is 5.40. The van der Waals surface area contributed by atoms with E-state index in [2.05, 4.69) is 20.8 Å². The number of rotatable bonds is 4. The van der Waals surface area contributed by atoms with Gasteiger partial charge in [0.25, 0.3) is 0 Å². The summed E-state index contributed by atoms with van der Waals surface area (Å²) in [7, 11) is 0. The normalized spacial score (nSPS) is 40.6. The molecule has 112 valence electrons. The van der Waals surface area contributed by atoms with Crippen molar-refractivity contribution < 1.29 is 4.74 Å². The van der Waals surface area contributed by atoms with E-state index >= 15 is 0 Å². The van der Waals surface area contributed by atoms with Crippen LogP contribution in [-0.2, 0) is 4.74 Å². The Hall–Kier alpha value is -0.0800. The Morgan fingerprint density at radius 1 is 1.05 bits per heavy atom. The molecule has 2 aliphatic rings. The fraction of sp³-hybridized carbons (Fsp3) is 1.00. The molecule has 2 saturated carbocycles. The molecule has 2 heteroatoms. The Kier molecular flexibility index (Phi) is 5.70. The second kappa shape index (κ2) is 7.08. The number of hydrogen-bond donors (Lipinski definition) is 1. The van der Waals surface area contributed by atoms with E-state index in [1.54, 1.807) is 0 Å². The molecule has 2 nitrogen and oxygen atoms in total. The zero-order chi connectivity index (χ0) is 13.8. The molecule has 0 amide bonds. The van der Waals surface area contributed by atoms with Gasteiger partial charge in [-0.1, -0.05) is 27.2 Å². The minimum absolute atomic E-state index is 0.453. The van der Waals surface area contributed by atoms with Crippen LogP contribution in [-0.4, -0.2) is 18.8 Å². The molecule has 0 aromatic carbocycles. The van der Waals surface area contributed by atoms with Crippen molar-refractivity contribution in [3.8, 4) is 0 Å². The summed E-state index contributed by atoms with van der Waals surface area (Å²) in [6, 6.07) is 0.453. The molecule has 2 N–H and O–H groups in total. The molecule has 3 unspecified atom stereocenters. The van der Waals surface area contributed by atoms with Crippen LogP contribution in [0.1, 0.15) is 65.7 Å². The minimum Gasteiger partial charge on any atom is -0.378 e. The van der Waals surface area contributed by atoms with Crippen LogP contribution >= 0.6 is 0 Å². The topological polar surface area (TPSA) is 35.2 Å². The molecule has 0 saturated heterocycles. The van der Waals surface area contributed by atoms with Crippen LogP contribution < -0.4 is 5.73 Å². The second-order valence-corrected chi connectivity index (χ2v) is 7.48. The number of ether oxygens (including phenoxy) is 1. The first-order chi connectivity index (χ1) is 9.06. The van der Waals surface area contributed by atoms with Crippen molar-refractivity contribution in [2.75, 3.05) is 6.61 Å². The second-order valence-electron chi connectivity index (χ2n) is 7.48. The van der Waals surface area contributed by atoms with Crippen LogP contribution in [0.2, 0.25) is 0 Å². The summed E-state index contributed by atoms with van der Waals surface area (Å²) in [5.41, 5.74) is 5.98. The zero-order valence-electron chi connectivity index (χ0n) is 13.1. The van der Waals surface area contributed by atoms with Gasteiger partial charge in [-0.3, -0.25) is 0 Å². The molecule has 2 rings (SSSR count). The minimum atomic E-state index is 0.453. The first-order valence-electron chi connectivity index (χ1n) is 8.43. The average molecular weight is 267 g/mol. The highest BCUT2D eigenvalue weighted by atomic mass is 16.5. The lowest BCUT2D eigenvalue weighted by atomic mass is 9.75. The van der Waals surface area contributed by atoms with Gasteiger partial charge in [0.1, 0.15) is 0 Å². The number of nitrogens with two attached hydrogens (primary N) is 1. The van der Waals surface area contributed by atoms with Crippen LogP contribution in [0.25, 0.3) is 0 Å². The highest BCUT2D eigenvalue weighted by Gasteiger charge is 2.32. The summed E-state index contributed by atoms with van der Waals surface area (Å²) < 4.78 is 6.36. The summed E-state index contributed by atoms with van der Waals surface area (Å²) in [4.78, 5) is 0. The van der Waals surface area contributed by atoms with Gasteiger partial charge in [0, 0.05) is 12.6 Å². The molecule has 2 fully saturated rings. The van der Waals surface area contributed by atoms with Crippen LogP contribution in [0.5, 0.6) is 0 Å². The third-order valence-corrected chi connectivity index (χ3v) is 5.40. The predicted octanol–water partition coefficient (Wildman–Crippen LogP) is 3.98. The highest BCUT2D eigenvalue weighted by molar-refractivity contribution is 4.82. The van der Waals surface area contributed by atoms with Gasteiger partial charge in [0.2, 0.25) is 0 Å². The molecule has 2 aliphatic carbocycles. The Morgan fingerprint density at radius 3 is 2.37 bits per heavy atom. The Bertz CT molecular complexity index is 258. The van der Waals surface area contributed by atoms with E-state index in [0.717, 1.165) is 30.3 Å². The van der Waals surface area contributed by atoms with E-state index in [1.807, 2.05) is 0 Å². The van der Waals surface area contributed by atoms with Crippen molar-refractivity contribution in [3.63, 3.8) is 0 Å². The van der Waals surface area contributed by atoms with Crippen LogP contribution in [0.15, 0.2) is 0 Å². The predicted molar refractivity (Wildman–Crippen MR) is 81.0 cm³/mol. The van der Waals surface area contributed by atoms with E-state index in [1.165, 1.54) is 44.9 Å². The average Bonchev–Trinajstić information content (AvgIpc) is 2.38. The Morgan fingerprint density at radius 2 is 1.74 bits per heavy atom. The van der Waals surface area contributed by atoms with Crippen LogP contribution in [0.3, 0.4) is 0 Å². The summed E-state index contributed by atoms with van der Waals surface area (Å²) >= 11 is 0. The van der Waals surface area contributed by atoms with E-state index in [9.17, 15) is 0 Å². The molecule has 0 aromatic rings. The first kappa shape index (κ1) is 15.3. The third kappa shape index (κ3) is 4.46. The van der Waals surface area contributed by atoms with E-state index in [0.29, 0.717) is 12.1 Å². The standard InChI is InChI=1S/C17H33NO/c1-12(2)16-9-4-13(3)10-17(16)19-11-14-5-7-15(18)8-6-14/h12-17H,4-11,18H2,1-3H3. The van der Waals surface area contributed by atoms with Crippen molar-refractivity contribution in [1.29, 1.82) is 0 Å². The summed E-state index contributed by atoms with van der Waals surface area (Å²) in [6.45, 7) is 8.08. The van der Waals surface area contributed by atoms with E-state index in [-0.39, 0.29) is 0 Å². The van der Waals surface area contributed by atoms with Gasteiger partial charge < -0.3 is 10.5 Å². The van der Waals surface area contributed by atoms with Gasteiger partial charge >= 0.3 is 0 Å². The zero-order valence-corrected chi connectivity index (χ0v) is 13.1. The lowest BCUT2D eigenvalue weighted by Gasteiger charge is -2.38. The van der Waals surface area contributed by atoms with Gasteiger partial charge in [-0.25, -0.2) is 0 Å². The van der Waals surface area contributed by atoms with Crippen molar-refractivity contribution >= 4 is 0 Å². The fourth-order valence-electron chi connectivity index (χ4n) is 3.92. The molecule has 0 spiro atoms. The lowest BCUT2D eigenvalue weighted by molar-refractivity contribution is -0.0553. The molecule has 19 heavy (non-hydrogen) atoms.